The first-order valence-corrected chi connectivity index (χ1v) is 7.26. The quantitative estimate of drug-likeness (QED) is 0.741. The molecule has 0 aromatic heterocycles. The van der Waals surface area contributed by atoms with Crippen LogP contribution in [0.15, 0.2) is 28.7 Å². The van der Waals surface area contributed by atoms with Gasteiger partial charge in [0, 0.05) is 11.0 Å². The molecular formula is C14H20BrN3O2. The van der Waals surface area contributed by atoms with Crippen LogP contribution < -0.4 is 16.4 Å². The lowest BCUT2D eigenvalue weighted by Crippen LogP contribution is -2.37. The van der Waals surface area contributed by atoms with Gasteiger partial charge >= 0.3 is 6.03 Å². The van der Waals surface area contributed by atoms with Crippen molar-refractivity contribution in [2.45, 2.75) is 26.3 Å². The van der Waals surface area contributed by atoms with E-state index in [2.05, 4.69) is 26.6 Å². The summed E-state index contributed by atoms with van der Waals surface area (Å²) in [5.41, 5.74) is 6.00. The smallest absolute Gasteiger partial charge is 0.312 e. The van der Waals surface area contributed by atoms with E-state index < -0.39 is 12.1 Å². The Kier molecular flexibility index (Phi) is 6.51. The van der Waals surface area contributed by atoms with Gasteiger partial charge in [0.05, 0.1) is 12.5 Å². The Balaban J connectivity index is 2.74. The standard InChI is InChI=1S/C14H20BrN3O2/c1-9(2)8-17-13(19)7-12(18-14(16)20)10-4-3-5-11(15)6-10/h3-6,9,12H,7-8H2,1-2H3,(H,17,19)(H3,16,18,20). The van der Waals surface area contributed by atoms with Crippen LogP contribution in [-0.2, 0) is 4.79 Å². The van der Waals surface area contributed by atoms with Gasteiger partial charge in [0.2, 0.25) is 5.91 Å². The molecule has 5 nitrogen and oxygen atoms in total. The second-order valence-corrected chi connectivity index (χ2v) is 5.93. The van der Waals surface area contributed by atoms with Gasteiger partial charge in [-0.25, -0.2) is 4.79 Å². The molecule has 3 amide bonds. The Morgan fingerprint density at radius 1 is 1.35 bits per heavy atom. The molecule has 0 saturated carbocycles. The molecule has 0 radical (unpaired) electrons. The molecule has 0 heterocycles. The topological polar surface area (TPSA) is 84.2 Å². The number of nitrogens with two attached hydrogens (primary N) is 1. The minimum atomic E-state index is -0.647. The number of carbonyl (C=O) groups excluding carboxylic acids is 2. The van der Waals surface area contributed by atoms with Gasteiger partial charge in [0.1, 0.15) is 0 Å². The predicted octanol–water partition coefficient (Wildman–Crippen LogP) is 2.32. The van der Waals surface area contributed by atoms with Gasteiger partial charge < -0.3 is 16.4 Å². The summed E-state index contributed by atoms with van der Waals surface area (Å²) < 4.78 is 0.883. The van der Waals surface area contributed by atoms with Crippen molar-refractivity contribution in [3.05, 3.63) is 34.3 Å². The molecule has 0 aliphatic rings. The van der Waals surface area contributed by atoms with Crippen molar-refractivity contribution in [1.29, 1.82) is 0 Å². The van der Waals surface area contributed by atoms with E-state index in [0.29, 0.717) is 12.5 Å². The Hall–Kier alpha value is -1.56. The lowest BCUT2D eigenvalue weighted by Gasteiger charge is -2.18. The van der Waals surface area contributed by atoms with Crippen molar-refractivity contribution in [3.63, 3.8) is 0 Å². The van der Waals surface area contributed by atoms with E-state index >= 15 is 0 Å². The maximum absolute atomic E-state index is 11.9. The fraction of sp³-hybridized carbons (Fsp3) is 0.429. The summed E-state index contributed by atoms with van der Waals surface area (Å²) in [4.78, 5) is 23.0. The zero-order valence-electron chi connectivity index (χ0n) is 11.7. The molecule has 0 aliphatic heterocycles. The number of primary amides is 1. The van der Waals surface area contributed by atoms with Gasteiger partial charge in [-0.1, -0.05) is 41.9 Å². The highest BCUT2D eigenvalue weighted by Gasteiger charge is 2.17. The fourth-order valence-corrected chi connectivity index (χ4v) is 2.14. The molecule has 1 aromatic carbocycles. The number of rotatable bonds is 6. The number of carbonyl (C=O) groups is 2. The first-order valence-electron chi connectivity index (χ1n) is 6.46. The summed E-state index contributed by atoms with van der Waals surface area (Å²) in [5.74, 6) is 0.268. The highest BCUT2D eigenvalue weighted by atomic mass is 79.9. The molecular weight excluding hydrogens is 322 g/mol. The largest absolute Gasteiger partial charge is 0.356 e. The van der Waals surface area contributed by atoms with Gasteiger partial charge in [-0.2, -0.15) is 0 Å². The summed E-state index contributed by atoms with van der Waals surface area (Å²) in [6, 6.07) is 6.35. The molecule has 0 aliphatic carbocycles. The second-order valence-electron chi connectivity index (χ2n) is 5.02. The molecule has 0 saturated heterocycles. The third-order valence-corrected chi connectivity index (χ3v) is 3.16. The number of amides is 3. The molecule has 0 fully saturated rings. The van der Waals surface area contributed by atoms with Gasteiger partial charge in [-0.05, 0) is 23.6 Å². The average Bonchev–Trinajstić information content (AvgIpc) is 2.35. The third-order valence-electron chi connectivity index (χ3n) is 2.66. The number of hydrogen-bond donors (Lipinski definition) is 3. The Morgan fingerprint density at radius 2 is 2.05 bits per heavy atom. The first-order chi connectivity index (χ1) is 9.38. The zero-order chi connectivity index (χ0) is 15.1. The van der Waals surface area contributed by atoms with Crippen LogP contribution in [0.3, 0.4) is 0 Å². The van der Waals surface area contributed by atoms with E-state index in [1.807, 2.05) is 38.1 Å². The van der Waals surface area contributed by atoms with E-state index in [0.717, 1.165) is 10.0 Å². The van der Waals surface area contributed by atoms with Crippen LogP contribution in [0.25, 0.3) is 0 Å². The van der Waals surface area contributed by atoms with Crippen molar-refractivity contribution in [2.24, 2.45) is 11.7 Å². The normalized spacial score (nSPS) is 12.0. The van der Waals surface area contributed by atoms with Crippen LogP contribution >= 0.6 is 15.9 Å². The molecule has 1 atom stereocenters. The minimum Gasteiger partial charge on any atom is -0.356 e. The summed E-state index contributed by atoms with van der Waals surface area (Å²) in [6.45, 7) is 4.65. The van der Waals surface area contributed by atoms with Crippen LogP contribution in [0.5, 0.6) is 0 Å². The number of hydrogen-bond acceptors (Lipinski definition) is 2. The molecule has 1 rings (SSSR count). The Labute approximate surface area is 127 Å². The summed E-state index contributed by atoms with van der Waals surface area (Å²) in [5, 5.41) is 5.43. The lowest BCUT2D eigenvalue weighted by atomic mass is 10.0. The van der Waals surface area contributed by atoms with Crippen molar-refractivity contribution in [2.75, 3.05) is 6.54 Å². The predicted molar refractivity (Wildman–Crippen MR) is 82.1 cm³/mol. The van der Waals surface area contributed by atoms with E-state index in [1.165, 1.54) is 0 Å². The van der Waals surface area contributed by atoms with Crippen molar-refractivity contribution >= 4 is 27.9 Å². The number of benzene rings is 1. The van der Waals surface area contributed by atoms with E-state index in [4.69, 9.17) is 5.73 Å². The molecule has 110 valence electrons. The first kappa shape index (κ1) is 16.5. The maximum Gasteiger partial charge on any atom is 0.312 e. The zero-order valence-corrected chi connectivity index (χ0v) is 13.2. The van der Waals surface area contributed by atoms with Crippen LogP contribution in [-0.4, -0.2) is 18.5 Å². The van der Waals surface area contributed by atoms with Crippen LogP contribution in [0.4, 0.5) is 4.79 Å². The SMILES string of the molecule is CC(C)CNC(=O)CC(NC(N)=O)c1cccc(Br)c1. The van der Waals surface area contributed by atoms with Gasteiger partial charge in [0.25, 0.3) is 0 Å². The average molecular weight is 342 g/mol. The molecule has 1 aromatic rings. The monoisotopic (exact) mass is 341 g/mol. The molecule has 20 heavy (non-hydrogen) atoms. The fourth-order valence-electron chi connectivity index (χ4n) is 1.72. The number of nitrogens with one attached hydrogen (secondary N) is 2. The van der Waals surface area contributed by atoms with Crippen LogP contribution in [0.1, 0.15) is 31.9 Å². The summed E-state index contributed by atoms with van der Waals surface area (Å²) in [6.07, 6.45) is 0.159. The van der Waals surface area contributed by atoms with Crippen LogP contribution in [0, 0.1) is 5.92 Å². The number of urea groups is 1. The Bertz CT molecular complexity index is 477. The van der Waals surface area contributed by atoms with Crippen molar-refractivity contribution in [3.8, 4) is 0 Å². The molecule has 4 N–H and O–H groups in total. The lowest BCUT2D eigenvalue weighted by molar-refractivity contribution is -0.121. The van der Waals surface area contributed by atoms with Gasteiger partial charge in [-0.15, -0.1) is 0 Å². The van der Waals surface area contributed by atoms with Gasteiger partial charge in [0.15, 0.2) is 0 Å². The van der Waals surface area contributed by atoms with E-state index in [-0.39, 0.29) is 12.3 Å². The molecule has 0 bridgehead atoms. The number of halogens is 1. The maximum atomic E-state index is 11.9. The third kappa shape index (κ3) is 6.06. The highest BCUT2D eigenvalue weighted by Crippen LogP contribution is 2.20. The second kappa shape index (κ2) is 7.89. The Morgan fingerprint density at radius 3 is 2.60 bits per heavy atom. The van der Waals surface area contributed by atoms with Crippen molar-refractivity contribution < 1.29 is 9.59 Å². The summed E-state index contributed by atoms with van der Waals surface area (Å²) in [7, 11) is 0. The molecule has 1 unspecified atom stereocenters. The summed E-state index contributed by atoms with van der Waals surface area (Å²) >= 11 is 3.37. The van der Waals surface area contributed by atoms with Crippen LogP contribution in [0.2, 0.25) is 0 Å². The molecule has 6 heteroatoms. The molecule has 0 spiro atoms. The van der Waals surface area contributed by atoms with Gasteiger partial charge in [-0.3, -0.25) is 4.79 Å². The van der Waals surface area contributed by atoms with E-state index in [1.54, 1.807) is 0 Å². The van der Waals surface area contributed by atoms with E-state index in [9.17, 15) is 9.59 Å². The van der Waals surface area contributed by atoms with Crippen molar-refractivity contribution in [1.82, 2.24) is 10.6 Å². The highest BCUT2D eigenvalue weighted by molar-refractivity contribution is 9.10. The minimum absolute atomic E-state index is 0.113.